The van der Waals surface area contributed by atoms with Gasteiger partial charge in [-0.2, -0.15) is 9.78 Å². The number of ether oxygens (including phenoxy) is 1. The summed E-state index contributed by atoms with van der Waals surface area (Å²) in [6, 6.07) is 25.2. The van der Waals surface area contributed by atoms with Crippen molar-refractivity contribution in [2.45, 2.75) is 19.9 Å². The molecule has 0 spiro atoms. The predicted octanol–water partition coefficient (Wildman–Crippen LogP) is 4.74. The Morgan fingerprint density at radius 1 is 0.865 bits per heavy atom. The maximum absolute atomic E-state index is 13.9. The molecule has 0 amide bonds. The summed E-state index contributed by atoms with van der Waals surface area (Å²) in [6.45, 7) is 2.33. The van der Waals surface area contributed by atoms with Gasteiger partial charge >= 0.3 is 0 Å². The van der Waals surface area contributed by atoms with Crippen molar-refractivity contribution >= 4 is 39.4 Å². The van der Waals surface area contributed by atoms with Gasteiger partial charge in [-0.15, -0.1) is 0 Å². The normalized spacial score (nSPS) is 11.7. The van der Waals surface area contributed by atoms with Gasteiger partial charge < -0.3 is 4.74 Å². The van der Waals surface area contributed by atoms with Gasteiger partial charge in [0.2, 0.25) is 0 Å². The van der Waals surface area contributed by atoms with Crippen LogP contribution in [-0.4, -0.2) is 37.5 Å². The predicted molar refractivity (Wildman–Crippen MR) is 145 cm³/mol. The van der Waals surface area contributed by atoms with Crippen LogP contribution in [0, 0.1) is 6.92 Å². The van der Waals surface area contributed by atoms with Gasteiger partial charge in [0.25, 0.3) is 5.56 Å². The first-order valence-electron chi connectivity index (χ1n) is 12.0. The second-order valence-electron chi connectivity index (χ2n) is 8.76. The van der Waals surface area contributed by atoms with E-state index in [1.165, 1.54) is 0 Å². The molecular weight excluding hydrogens is 464 g/mol. The van der Waals surface area contributed by atoms with E-state index in [1.807, 2.05) is 85.8 Å². The van der Waals surface area contributed by atoms with Crippen molar-refractivity contribution in [3.05, 3.63) is 106 Å². The van der Waals surface area contributed by atoms with Crippen molar-refractivity contribution in [2.24, 2.45) is 5.10 Å². The molecule has 0 aliphatic rings. The van der Waals surface area contributed by atoms with Crippen LogP contribution in [0.2, 0.25) is 0 Å². The Kier molecular flexibility index (Phi) is 5.69. The van der Waals surface area contributed by atoms with E-state index in [4.69, 9.17) is 19.7 Å². The highest BCUT2D eigenvalue weighted by atomic mass is 16.5. The summed E-state index contributed by atoms with van der Waals surface area (Å²) >= 11 is 0. The van der Waals surface area contributed by atoms with E-state index >= 15 is 0 Å². The molecule has 0 unspecified atom stereocenters. The number of para-hydroxylation sites is 2. The van der Waals surface area contributed by atoms with Gasteiger partial charge in [-0.3, -0.25) is 9.36 Å². The maximum Gasteiger partial charge on any atom is 0.265 e. The number of methoxy groups -OCH3 is 1. The third-order valence-electron chi connectivity index (χ3n) is 6.44. The average Bonchev–Trinajstić information content (AvgIpc) is 3.23. The topological polar surface area (TPSA) is 87.2 Å². The van der Waals surface area contributed by atoms with Crippen LogP contribution in [0.4, 0.5) is 0 Å². The van der Waals surface area contributed by atoms with Crippen LogP contribution in [0.1, 0.15) is 17.0 Å². The molecule has 0 radical (unpaired) electrons. The smallest absolute Gasteiger partial charge is 0.265 e. The molecule has 182 valence electrons. The number of aryl methyl sites for hydroxylation is 2. The highest BCUT2D eigenvalue weighted by Gasteiger charge is 2.21. The number of fused-ring (bicyclic) bond motifs is 4. The van der Waals surface area contributed by atoms with Crippen molar-refractivity contribution in [1.82, 2.24) is 24.2 Å². The molecule has 6 aromatic rings. The molecule has 0 fully saturated rings. The summed E-state index contributed by atoms with van der Waals surface area (Å²) < 4.78 is 8.58. The number of benzene rings is 3. The zero-order valence-corrected chi connectivity index (χ0v) is 20.5. The van der Waals surface area contributed by atoms with E-state index in [0.29, 0.717) is 46.5 Å². The van der Waals surface area contributed by atoms with Gasteiger partial charge in [-0.25, -0.2) is 15.0 Å². The van der Waals surface area contributed by atoms with Gasteiger partial charge in [0.05, 0.1) is 24.4 Å². The van der Waals surface area contributed by atoms with Crippen LogP contribution < -0.4 is 10.3 Å². The molecule has 3 heterocycles. The van der Waals surface area contributed by atoms with Crippen LogP contribution in [0.3, 0.4) is 0 Å². The first kappa shape index (κ1) is 22.6. The Morgan fingerprint density at radius 3 is 2.30 bits per heavy atom. The number of hydrogen-bond donors (Lipinski definition) is 0. The fourth-order valence-electron chi connectivity index (χ4n) is 4.48. The molecule has 3 aromatic carbocycles. The quantitative estimate of drug-likeness (QED) is 0.316. The summed E-state index contributed by atoms with van der Waals surface area (Å²) in [5.74, 6) is 1.41. The SMILES string of the molecule is COc1ccc(CCn2c(C)nc3c(c2=O)c2nc4ccccc4nc2n3/N=C\c2ccccc2)cc1. The van der Waals surface area contributed by atoms with Crippen LogP contribution in [0.15, 0.2) is 88.8 Å². The van der Waals surface area contributed by atoms with E-state index in [0.717, 1.165) is 22.4 Å². The van der Waals surface area contributed by atoms with Gasteiger partial charge in [-0.05, 0) is 48.7 Å². The zero-order chi connectivity index (χ0) is 25.4. The highest BCUT2D eigenvalue weighted by Crippen LogP contribution is 2.25. The molecule has 0 aliphatic carbocycles. The first-order chi connectivity index (χ1) is 18.1. The van der Waals surface area contributed by atoms with Gasteiger partial charge in [-0.1, -0.05) is 54.6 Å². The molecule has 0 bridgehead atoms. The summed E-state index contributed by atoms with van der Waals surface area (Å²) in [7, 11) is 1.64. The van der Waals surface area contributed by atoms with E-state index in [1.54, 1.807) is 22.6 Å². The van der Waals surface area contributed by atoms with E-state index < -0.39 is 0 Å². The van der Waals surface area contributed by atoms with Crippen molar-refractivity contribution in [3.8, 4) is 5.75 Å². The van der Waals surface area contributed by atoms with Crippen LogP contribution in [-0.2, 0) is 13.0 Å². The number of rotatable bonds is 6. The largest absolute Gasteiger partial charge is 0.497 e. The number of hydrogen-bond acceptors (Lipinski definition) is 6. The standard InChI is InChI=1S/C29H24N6O2/c1-19-31-27-25(29(36)34(19)17-16-20-12-14-22(37-2)15-13-20)26-28(33-24-11-7-6-10-23(24)32-26)35(27)30-18-21-8-4-3-5-9-21/h3-15,18H,16-17H2,1-2H3/b30-18-. The average molecular weight is 489 g/mol. The summed E-state index contributed by atoms with van der Waals surface area (Å²) in [5, 5.41) is 5.10. The number of nitrogens with zero attached hydrogens (tertiary/aromatic N) is 6. The Morgan fingerprint density at radius 2 is 1.57 bits per heavy atom. The van der Waals surface area contributed by atoms with Crippen molar-refractivity contribution in [3.63, 3.8) is 0 Å². The molecule has 0 N–H and O–H groups in total. The van der Waals surface area contributed by atoms with Crippen molar-refractivity contribution in [1.29, 1.82) is 0 Å². The highest BCUT2D eigenvalue weighted by molar-refractivity contribution is 6.05. The third-order valence-corrected chi connectivity index (χ3v) is 6.44. The Balaban J connectivity index is 1.52. The zero-order valence-electron chi connectivity index (χ0n) is 20.5. The molecule has 0 aliphatic heterocycles. The minimum atomic E-state index is -0.153. The second kappa shape index (κ2) is 9.31. The van der Waals surface area contributed by atoms with E-state index in [2.05, 4.69) is 5.10 Å². The Labute approximate surface area is 212 Å². The van der Waals surface area contributed by atoms with Crippen LogP contribution in [0.5, 0.6) is 5.75 Å². The molecule has 0 saturated carbocycles. The number of aromatic nitrogens is 5. The lowest BCUT2D eigenvalue weighted by Gasteiger charge is -2.10. The molecule has 3 aromatic heterocycles. The first-order valence-corrected chi connectivity index (χ1v) is 12.0. The summed E-state index contributed by atoms with van der Waals surface area (Å²) in [4.78, 5) is 28.4. The summed E-state index contributed by atoms with van der Waals surface area (Å²) in [5.41, 5.74) is 4.76. The van der Waals surface area contributed by atoms with Crippen molar-refractivity contribution < 1.29 is 4.74 Å². The van der Waals surface area contributed by atoms with Crippen LogP contribution in [0.25, 0.3) is 33.2 Å². The Bertz CT molecular complexity index is 1840. The molecule has 0 atom stereocenters. The lowest BCUT2D eigenvalue weighted by atomic mass is 10.1. The minimum Gasteiger partial charge on any atom is -0.497 e. The lowest BCUT2D eigenvalue weighted by Crippen LogP contribution is -2.25. The molecule has 8 nitrogen and oxygen atoms in total. The van der Waals surface area contributed by atoms with Crippen molar-refractivity contribution in [2.75, 3.05) is 7.11 Å². The fourth-order valence-corrected chi connectivity index (χ4v) is 4.48. The van der Waals surface area contributed by atoms with E-state index in [9.17, 15) is 4.79 Å². The Hall–Kier alpha value is -4.85. The van der Waals surface area contributed by atoms with Gasteiger partial charge in [0.1, 0.15) is 22.5 Å². The van der Waals surface area contributed by atoms with Gasteiger partial charge in [0, 0.05) is 6.54 Å². The summed E-state index contributed by atoms with van der Waals surface area (Å²) in [6.07, 6.45) is 2.42. The molecule has 8 heteroatoms. The third kappa shape index (κ3) is 4.12. The molecule has 37 heavy (non-hydrogen) atoms. The fraction of sp³-hybridized carbons (Fsp3) is 0.138. The molecule has 6 rings (SSSR count). The minimum absolute atomic E-state index is 0.153. The van der Waals surface area contributed by atoms with Crippen LogP contribution >= 0.6 is 0 Å². The second-order valence-corrected chi connectivity index (χ2v) is 8.76. The molecular formula is C29H24N6O2. The van der Waals surface area contributed by atoms with E-state index in [-0.39, 0.29) is 5.56 Å². The van der Waals surface area contributed by atoms with Gasteiger partial charge in [0.15, 0.2) is 11.3 Å². The molecule has 0 saturated heterocycles. The lowest BCUT2D eigenvalue weighted by molar-refractivity contribution is 0.414. The maximum atomic E-state index is 13.9. The monoisotopic (exact) mass is 488 g/mol.